The molecular weight excluding hydrogens is 279 g/mol. The van der Waals surface area contributed by atoms with Crippen molar-refractivity contribution in [3.8, 4) is 0 Å². The van der Waals surface area contributed by atoms with Crippen molar-refractivity contribution in [2.75, 3.05) is 26.2 Å². The zero-order valence-corrected chi connectivity index (χ0v) is 10.1. The Balaban J connectivity index is 2.44. The van der Waals surface area contributed by atoms with Gasteiger partial charge in [0.2, 0.25) is 5.91 Å². The van der Waals surface area contributed by atoms with Gasteiger partial charge in [0, 0.05) is 54.6 Å². The molecule has 1 heterocycles. The second kappa shape index (κ2) is 4.95. The van der Waals surface area contributed by atoms with Crippen LogP contribution in [0.5, 0.6) is 0 Å². The summed E-state index contributed by atoms with van der Waals surface area (Å²) >= 11 is 2.29. The topological polar surface area (TPSA) is 23.6 Å². The number of carbonyl (C=O) groups excluding carboxylic acids is 1. The predicted octanol–water partition coefficient (Wildman–Crippen LogP) is 1.45. The summed E-state index contributed by atoms with van der Waals surface area (Å²) in [6.45, 7) is 9.32. The van der Waals surface area contributed by atoms with Crippen molar-refractivity contribution >= 4 is 28.8 Å². The molecule has 1 aliphatic heterocycles. The van der Waals surface area contributed by atoms with Crippen molar-refractivity contribution in [3.63, 3.8) is 0 Å². The molecule has 1 saturated heterocycles. The normalized spacial score (nSPS) is 18.8. The lowest BCUT2D eigenvalue weighted by Gasteiger charge is -2.31. The zero-order valence-electron chi connectivity index (χ0n) is 7.92. The van der Waals surface area contributed by atoms with E-state index in [1.165, 1.54) is 0 Å². The van der Waals surface area contributed by atoms with Gasteiger partial charge in [0.25, 0.3) is 0 Å². The summed E-state index contributed by atoms with van der Waals surface area (Å²) in [6.07, 6.45) is 0.753. The molecule has 74 valence electrons. The van der Waals surface area contributed by atoms with Crippen LogP contribution in [0.25, 0.3) is 0 Å². The van der Waals surface area contributed by atoms with E-state index in [0.29, 0.717) is 0 Å². The second-order valence-electron chi connectivity index (χ2n) is 3.16. The molecule has 1 rings (SSSR count). The van der Waals surface area contributed by atoms with Crippen molar-refractivity contribution in [2.24, 2.45) is 0 Å². The lowest BCUT2D eigenvalue weighted by molar-refractivity contribution is -0.128. The summed E-state index contributed by atoms with van der Waals surface area (Å²) in [6, 6.07) is 0. The monoisotopic (exact) mass is 294 g/mol. The molecule has 0 aromatic heterocycles. The summed E-state index contributed by atoms with van der Waals surface area (Å²) in [5.41, 5.74) is 0.724. The third-order valence-electron chi connectivity index (χ3n) is 2.24. The van der Waals surface area contributed by atoms with Crippen LogP contribution in [0, 0.1) is 0 Å². The van der Waals surface area contributed by atoms with E-state index in [-0.39, 0.29) is 5.91 Å². The first-order chi connectivity index (χ1) is 6.15. The number of amides is 1. The quantitative estimate of drug-likeness (QED) is 0.437. The smallest absolute Gasteiger partial charge is 0.249 e. The third-order valence-corrected chi connectivity index (χ3v) is 3.21. The van der Waals surface area contributed by atoms with Crippen molar-refractivity contribution in [3.05, 3.63) is 12.2 Å². The summed E-state index contributed by atoms with van der Waals surface area (Å²) in [5.74, 6) is 0.131. The van der Waals surface area contributed by atoms with Gasteiger partial charge in [-0.05, 0) is 6.42 Å². The maximum atomic E-state index is 11.6. The van der Waals surface area contributed by atoms with E-state index in [1.807, 2.05) is 11.8 Å². The molecule has 0 aliphatic carbocycles. The highest BCUT2D eigenvalue weighted by Crippen LogP contribution is 2.10. The molecule has 0 spiro atoms. The molecule has 0 N–H and O–H groups in total. The minimum atomic E-state index is 0.131. The Morgan fingerprint density at radius 3 is 2.38 bits per heavy atom. The zero-order chi connectivity index (χ0) is 9.84. The lowest BCUT2D eigenvalue weighted by Crippen LogP contribution is -2.45. The van der Waals surface area contributed by atoms with Crippen molar-refractivity contribution in [2.45, 2.75) is 13.3 Å². The molecule has 4 heteroatoms. The molecule has 0 radical (unpaired) electrons. The number of rotatable bonds is 2. The van der Waals surface area contributed by atoms with E-state index in [9.17, 15) is 4.79 Å². The molecule has 0 atom stereocenters. The molecule has 1 fully saturated rings. The number of piperazine rings is 1. The van der Waals surface area contributed by atoms with Gasteiger partial charge < -0.3 is 4.90 Å². The maximum Gasteiger partial charge on any atom is 0.249 e. The molecule has 3 nitrogen and oxygen atoms in total. The molecule has 0 bridgehead atoms. The Bertz CT molecular complexity index is 210. The SMILES string of the molecule is C=C(CC)C(=O)N1CCN(I)CC1. The highest BCUT2D eigenvalue weighted by atomic mass is 127. The van der Waals surface area contributed by atoms with Crippen LogP contribution >= 0.6 is 22.9 Å². The Labute approximate surface area is 93.3 Å². The van der Waals surface area contributed by atoms with Crippen LogP contribution in [0.2, 0.25) is 0 Å². The lowest BCUT2D eigenvalue weighted by atomic mass is 10.2. The molecule has 1 amide bonds. The largest absolute Gasteiger partial charge is 0.336 e. The van der Waals surface area contributed by atoms with Crippen molar-refractivity contribution < 1.29 is 4.79 Å². The van der Waals surface area contributed by atoms with E-state index in [1.54, 1.807) is 0 Å². The minimum absolute atomic E-state index is 0.131. The van der Waals surface area contributed by atoms with Gasteiger partial charge in [0.05, 0.1) is 0 Å². The Morgan fingerprint density at radius 1 is 1.38 bits per heavy atom. The second-order valence-corrected chi connectivity index (χ2v) is 4.52. The maximum absolute atomic E-state index is 11.6. The van der Waals surface area contributed by atoms with Crippen LogP contribution < -0.4 is 0 Å². The van der Waals surface area contributed by atoms with Crippen LogP contribution in [-0.2, 0) is 4.79 Å². The van der Waals surface area contributed by atoms with E-state index < -0.39 is 0 Å². The summed E-state index contributed by atoms with van der Waals surface area (Å²) in [4.78, 5) is 13.5. The fourth-order valence-electron chi connectivity index (χ4n) is 1.26. The fraction of sp³-hybridized carbons (Fsp3) is 0.667. The van der Waals surface area contributed by atoms with Crippen LogP contribution in [0.1, 0.15) is 13.3 Å². The predicted molar refractivity (Wildman–Crippen MR) is 61.6 cm³/mol. The number of halogens is 1. The minimum Gasteiger partial charge on any atom is -0.336 e. The van der Waals surface area contributed by atoms with Gasteiger partial charge in [-0.15, -0.1) is 0 Å². The molecule has 1 aliphatic rings. The van der Waals surface area contributed by atoms with E-state index in [0.717, 1.165) is 38.2 Å². The average Bonchev–Trinajstić information content (AvgIpc) is 2.17. The van der Waals surface area contributed by atoms with Gasteiger partial charge >= 0.3 is 0 Å². The molecule has 0 aromatic rings. The Morgan fingerprint density at radius 2 is 1.92 bits per heavy atom. The van der Waals surface area contributed by atoms with E-state index in [2.05, 4.69) is 32.6 Å². The highest BCUT2D eigenvalue weighted by molar-refractivity contribution is 14.1. The summed E-state index contributed by atoms with van der Waals surface area (Å²) in [7, 11) is 0. The van der Waals surface area contributed by atoms with E-state index >= 15 is 0 Å². The van der Waals surface area contributed by atoms with Gasteiger partial charge in [0.15, 0.2) is 0 Å². The summed E-state index contributed by atoms with van der Waals surface area (Å²) < 4.78 is 2.20. The molecule has 0 unspecified atom stereocenters. The van der Waals surface area contributed by atoms with Gasteiger partial charge in [-0.3, -0.25) is 4.79 Å². The van der Waals surface area contributed by atoms with Gasteiger partial charge in [-0.1, -0.05) is 13.5 Å². The Kier molecular flexibility index (Phi) is 4.18. The van der Waals surface area contributed by atoms with E-state index in [4.69, 9.17) is 0 Å². The van der Waals surface area contributed by atoms with Crippen molar-refractivity contribution in [1.82, 2.24) is 8.01 Å². The number of nitrogens with zero attached hydrogens (tertiary/aromatic N) is 2. The fourth-order valence-corrected chi connectivity index (χ4v) is 1.69. The molecule has 13 heavy (non-hydrogen) atoms. The van der Waals surface area contributed by atoms with Crippen LogP contribution in [0.4, 0.5) is 0 Å². The first kappa shape index (κ1) is 11.0. The van der Waals surface area contributed by atoms with Crippen LogP contribution in [0.3, 0.4) is 0 Å². The number of hydrogen-bond donors (Lipinski definition) is 0. The van der Waals surface area contributed by atoms with Gasteiger partial charge in [-0.25, -0.2) is 3.11 Å². The third kappa shape index (κ3) is 2.95. The Hall–Kier alpha value is -0.100. The average molecular weight is 294 g/mol. The molecular formula is C9H15IN2O. The highest BCUT2D eigenvalue weighted by Gasteiger charge is 2.20. The first-order valence-corrected chi connectivity index (χ1v) is 5.49. The summed E-state index contributed by atoms with van der Waals surface area (Å²) in [5, 5.41) is 0. The van der Waals surface area contributed by atoms with Crippen LogP contribution in [-0.4, -0.2) is 40.1 Å². The standard InChI is InChI=1S/C9H15IN2O/c1-3-8(2)9(13)11-4-6-12(10)7-5-11/h2-7H2,1H3. The number of hydrogen-bond acceptors (Lipinski definition) is 2. The first-order valence-electron chi connectivity index (χ1n) is 4.53. The van der Waals surface area contributed by atoms with Gasteiger partial charge in [-0.2, -0.15) is 0 Å². The van der Waals surface area contributed by atoms with Crippen molar-refractivity contribution in [1.29, 1.82) is 0 Å². The number of carbonyl (C=O) groups is 1. The van der Waals surface area contributed by atoms with Gasteiger partial charge in [0.1, 0.15) is 0 Å². The van der Waals surface area contributed by atoms with Crippen LogP contribution in [0.15, 0.2) is 12.2 Å². The molecule has 0 aromatic carbocycles. The molecule has 0 saturated carbocycles.